The fourth-order valence-corrected chi connectivity index (χ4v) is 1.98. The summed E-state index contributed by atoms with van der Waals surface area (Å²) >= 11 is 0. The number of nitrogens with one attached hydrogen (secondary N) is 1. The summed E-state index contributed by atoms with van der Waals surface area (Å²) in [5, 5.41) is 11.8. The van der Waals surface area contributed by atoms with E-state index in [2.05, 4.69) is 5.32 Å². The van der Waals surface area contributed by atoms with E-state index in [1.165, 1.54) is 0 Å². The zero-order chi connectivity index (χ0) is 10.3. The lowest BCUT2D eigenvalue weighted by atomic mass is 10.0. The second-order valence-electron chi connectivity index (χ2n) is 4.45. The van der Waals surface area contributed by atoms with Crippen molar-refractivity contribution in [2.24, 2.45) is 0 Å². The van der Waals surface area contributed by atoms with Gasteiger partial charge in [0, 0.05) is 6.54 Å². The molecule has 1 saturated heterocycles. The smallest absolute Gasteiger partial charge is 0.241 e. The van der Waals surface area contributed by atoms with Crippen molar-refractivity contribution in [3.05, 3.63) is 0 Å². The number of amides is 1. The van der Waals surface area contributed by atoms with Crippen molar-refractivity contribution in [3.63, 3.8) is 0 Å². The van der Waals surface area contributed by atoms with Gasteiger partial charge in [-0.25, -0.2) is 0 Å². The Bertz CT molecular complexity index is 224. The largest absolute Gasteiger partial charge is 0.395 e. The van der Waals surface area contributed by atoms with Gasteiger partial charge in [-0.3, -0.25) is 9.69 Å². The summed E-state index contributed by atoms with van der Waals surface area (Å²) in [7, 11) is 0. The van der Waals surface area contributed by atoms with Gasteiger partial charge < -0.3 is 10.4 Å². The molecule has 4 nitrogen and oxygen atoms in total. The van der Waals surface area contributed by atoms with Gasteiger partial charge in [0.2, 0.25) is 5.91 Å². The van der Waals surface area contributed by atoms with Gasteiger partial charge >= 0.3 is 0 Å². The quantitative estimate of drug-likeness (QED) is 0.634. The predicted molar refractivity (Wildman–Crippen MR) is 50.1 cm³/mol. The summed E-state index contributed by atoms with van der Waals surface area (Å²) in [5.41, 5.74) is -0.879. The average molecular weight is 186 g/mol. The average Bonchev–Trinajstić information content (AvgIpc) is 2.10. The molecular formula is C9H18N2O2. The molecule has 4 heteroatoms. The monoisotopic (exact) mass is 186 g/mol. The van der Waals surface area contributed by atoms with Gasteiger partial charge in [0.25, 0.3) is 0 Å². The Morgan fingerprint density at radius 2 is 1.92 bits per heavy atom. The number of nitrogens with zero attached hydrogens (tertiary/aromatic N) is 1. The molecule has 0 aromatic rings. The molecule has 0 saturated carbocycles. The maximum Gasteiger partial charge on any atom is 0.241 e. The van der Waals surface area contributed by atoms with E-state index >= 15 is 0 Å². The lowest BCUT2D eigenvalue weighted by Crippen LogP contribution is -2.52. The molecule has 0 aliphatic carbocycles. The first kappa shape index (κ1) is 10.5. The molecule has 0 spiro atoms. The van der Waals surface area contributed by atoms with E-state index in [4.69, 9.17) is 5.11 Å². The van der Waals surface area contributed by atoms with Crippen LogP contribution in [0.2, 0.25) is 0 Å². The number of aliphatic hydroxyl groups excluding tert-OH is 1. The van der Waals surface area contributed by atoms with E-state index in [-0.39, 0.29) is 18.2 Å². The fraction of sp³-hybridized carbons (Fsp3) is 0.889. The topological polar surface area (TPSA) is 52.6 Å². The maximum atomic E-state index is 11.6. The van der Waals surface area contributed by atoms with Crippen molar-refractivity contribution < 1.29 is 9.90 Å². The number of hydrogen-bond donors (Lipinski definition) is 2. The molecule has 0 aromatic carbocycles. The Morgan fingerprint density at radius 3 is 2.23 bits per heavy atom. The number of β-amino-alcohol motifs (C(OH)–C–C–N with tert-alkyl or cyclic N) is 1. The van der Waals surface area contributed by atoms with Crippen LogP contribution in [0.4, 0.5) is 0 Å². The first-order valence-electron chi connectivity index (χ1n) is 4.53. The van der Waals surface area contributed by atoms with E-state index < -0.39 is 5.54 Å². The van der Waals surface area contributed by atoms with Gasteiger partial charge in [-0.1, -0.05) is 0 Å². The molecule has 0 atom stereocenters. The van der Waals surface area contributed by atoms with Gasteiger partial charge in [0.1, 0.15) is 0 Å². The van der Waals surface area contributed by atoms with Gasteiger partial charge in [-0.05, 0) is 27.7 Å². The Labute approximate surface area is 78.9 Å². The van der Waals surface area contributed by atoms with Crippen molar-refractivity contribution in [1.82, 2.24) is 10.2 Å². The fourth-order valence-electron chi connectivity index (χ4n) is 1.98. The van der Waals surface area contributed by atoms with Crippen LogP contribution in [0.5, 0.6) is 0 Å². The van der Waals surface area contributed by atoms with E-state index in [9.17, 15) is 4.79 Å². The van der Waals surface area contributed by atoms with Crippen LogP contribution >= 0.6 is 0 Å². The molecule has 76 valence electrons. The number of hydrogen-bond acceptors (Lipinski definition) is 3. The number of rotatable bonds is 2. The van der Waals surface area contributed by atoms with Crippen LogP contribution in [0.25, 0.3) is 0 Å². The molecule has 1 heterocycles. The summed E-state index contributed by atoms with van der Waals surface area (Å²) in [4.78, 5) is 13.5. The van der Waals surface area contributed by atoms with Crippen LogP contribution in [0.1, 0.15) is 27.7 Å². The molecule has 0 bridgehead atoms. The highest BCUT2D eigenvalue weighted by Crippen LogP contribution is 2.29. The molecule has 1 aliphatic rings. The molecule has 0 aromatic heterocycles. The molecule has 0 radical (unpaired) electrons. The molecule has 1 aliphatic heterocycles. The number of carbonyl (C=O) groups is 1. The molecule has 1 amide bonds. The Kier molecular flexibility index (Phi) is 2.38. The molecule has 13 heavy (non-hydrogen) atoms. The molecule has 1 rings (SSSR count). The molecule has 2 N–H and O–H groups in total. The highest BCUT2D eigenvalue weighted by Gasteiger charge is 2.50. The number of aliphatic hydroxyl groups is 1. The van der Waals surface area contributed by atoms with Crippen LogP contribution in [0.15, 0.2) is 0 Å². The summed E-state index contributed by atoms with van der Waals surface area (Å²) in [6.45, 7) is 8.20. The Hall–Kier alpha value is -0.610. The van der Waals surface area contributed by atoms with Crippen molar-refractivity contribution in [3.8, 4) is 0 Å². The molecule has 1 fully saturated rings. The lowest BCUT2D eigenvalue weighted by Gasteiger charge is -2.36. The lowest BCUT2D eigenvalue weighted by molar-refractivity contribution is -0.125. The zero-order valence-corrected chi connectivity index (χ0v) is 8.72. The first-order valence-corrected chi connectivity index (χ1v) is 4.53. The van der Waals surface area contributed by atoms with Crippen LogP contribution in [-0.2, 0) is 4.79 Å². The zero-order valence-electron chi connectivity index (χ0n) is 8.72. The maximum absolute atomic E-state index is 11.6. The van der Waals surface area contributed by atoms with Crippen LogP contribution in [-0.4, -0.2) is 40.3 Å². The minimum Gasteiger partial charge on any atom is -0.395 e. The molecular weight excluding hydrogens is 168 g/mol. The third-order valence-corrected chi connectivity index (χ3v) is 2.65. The van der Waals surface area contributed by atoms with Gasteiger partial charge in [0.15, 0.2) is 0 Å². The summed E-state index contributed by atoms with van der Waals surface area (Å²) in [6.07, 6.45) is 0. The highest BCUT2D eigenvalue weighted by atomic mass is 16.3. The van der Waals surface area contributed by atoms with Crippen LogP contribution < -0.4 is 5.32 Å². The van der Waals surface area contributed by atoms with Gasteiger partial charge in [-0.15, -0.1) is 0 Å². The second-order valence-corrected chi connectivity index (χ2v) is 4.45. The van der Waals surface area contributed by atoms with Crippen LogP contribution in [0.3, 0.4) is 0 Å². The van der Waals surface area contributed by atoms with Gasteiger partial charge in [-0.2, -0.15) is 0 Å². The SMILES string of the molecule is CC1(C)NC(=O)C(C)(C)N1CCO. The standard InChI is InChI=1S/C9H18N2O2/c1-8(2)7(13)10-9(3,4)11(8)5-6-12/h12H,5-6H2,1-4H3,(H,10,13). The minimum absolute atomic E-state index is 0.0194. The Balaban J connectivity index is 2.93. The Morgan fingerprint density at radius 1 is 1.38 bits per heavy atom. The van der Waals surface area contributed by atoms with E-state index in [1.54, 1.807) is 0 Å². The summed E-state index contributed by atoms with van der Waals surface area (Å²) < 4.78 is 0. The highest BCUT2D eigenvalue weighted by molar-refractivity contribution is 5.88. The van der Waals surface area contributed by atoms with Crippen molar-refractivity contribution >= 4 is 5.91 Å². The van der Waals surface area contributed by atoms with Crippen molar-refractivity contribution in [2.45, 2.75) is 38.9 Å². The van der Waals surface area contributed by atoms with Crippen molar-refractivity contribution in [1.29, 1.82) is 0 Å². The summed E-state index contributed by atoms with van der Waals surface area (Å²) in [5.74, 6) is 0.0194. The van der Waals surface area contributed by atoms with Crippen molar-refractivity contribution in [2.75, 3.05) is 13.2 Å². The third kappa shape index (κ3) is 1.56. The minimum atomic E-state index is -0.522. The van der Waals surface area contributed by atoms with E-state index in [0.29, 0.717) is 6.54 Å². The van der Waals surface area contributed by atoms with E-state index in [0.717, 1.165) is 0 Å². The first-order chi connectivity index (χ1) is 5.82. The third-order valence-electron chi connectivity index (χ3n) is 2.65. The molecule has 0 unspecified atom stereocenters. The number of carbonyl (C=O) groups excluding carboxylic acids is 1. The summed E-state index contributed by atoms with van der Waals surface area (Å²) in [6, 6.07) is 0. The van der Waals surface area contributed by atoms with Crippen LogP contribution in [0, 0.1) is 0 Å². The van der Waals surface area contributed by atoms with Gasteiger partial charge in [0.05, 0.1) is 17.8 Å². The normalized spacial score (nSPS) is 26.1. The second kappa shape index (κ2) is 2.96. The predicted octanol–water partition coefficient (Wildman–Crippen LogP) is -0.0748. The van der Waals surface area contributed by atoms with E-state index in [1.807, 2.05) is 32.6 Å².